The van der Waals surface area contributed by atoms with E-state index < -0.39 is 0 Å². The Morgan fingerprint density at radius 2 is 2.06 bits per heavy atom. The molecule has 1 atom stereocenters. The molecule has 1 aromatic carbocycles. The van der Waals surface area contributed by atoms with Crippen LogP contribution in [0.25, 0.3) is 11.0 Å². The first-order valence-electron chi connectivity index (χ1n) is 5.97. The maximum Gasteiger partial charge on any atom is 0.134 e. The summed E-state index contributed by atoms with van der Waals surface area (Å²) in [4.78, 5) is 0. The normalized spacial score (nSPS) is 13.4. The molecular weight excluding hydrogens is 214 g/mol. The number of likely N-dealkylation sites (N-methyl/N-ethyl adjacent to an activating group) is 1. The Hall–Kier alpha value is -1.32. The molecule has 0 fully saturated rings. The Kier molecular flexibility index (Phi) is 3.82. The maximum absolute atomic E-state index is 5.66. The SMILES string of the molecule is CNC(COC(C)C)c1coc2ccccc12. The van der Waals surface area contributed by atoms with Crippen molar-refractivity contribution < 1.29 is 9.15 Å². The third kappa shape index (κ3) is 2.68. The monoisotopic (exact) mass is 233 g/mol. The molecule has 0 bridgehead atoms. The molecule has 92 valence electrons. The summed E-state index contributed by atoms with van der Waals surface area (Å²) >= 11 is 0. The maximum atomic E-state index is 5.66. The Bertz CT molecular complexity index is 476. The van der Waals surface area contributed by atoms with E-state index >= 15 is 0 Å². The van der Waals surface area contributed by atoms with Gasteiger partial charge in [0, 0.05) is 10.9 Å². The van der Waals surface area contributed by atoms with Crippen LogP contribution in [0.4, 0.5) is 0 Å². The van der Waals surface area contributed by atoms with Crippen LogP contribution in [0.1, 0.15) is 25.5 Å². The van der Waals surface area contributed by atoms with Gasteiger partial charge in [0.05, 0.1) is 25.0 Å². The molecule has 0 spiro atoms. The van der Waals surface area contributed by atoms with Crippen molar-refractivity contribution in [1.82, 2.24) is 5.32 Å². The summed E-state index contributed by atoms with van der Waals surface area (Å²) in [5, 5.41) is 4.42. The van der Waals surface area contributed by atoms with E-state index in [1.54, 1.807) is 0 Å². The summed E-state index contributed by atoms with van der Waals surface area (Å²) in [6.45, 7) is 4.73. The highest BCUT2D eigenvalue weighted by molar-refractivity contribution is 5.81. The van der Waals surface area contributed by atoms with Crippen molar-refractivity contribution in [3.63, 3.8) is 0 Å². The Morgan fingerprint density at radius 3 is 2.76 bits per heavy atom. The number of para-hydroxylation sites is 1. The fraction of sp³-hybridized carbons (Fsp3) is 0.429. The van der Waals surface area contributed by atoms with E-state index in [0.29, 0.717) is 6.61 Å². The van der Waals surface area contributed by atoms with Crippen LogP contribution >= 0.6 is 0 Å². The molecule has 0 saturated carbocycles. The largest absolute Gasteiger partial charge is 0.464 e. The zero-order chi connectivity index (χ0) is 12.3. The fourth-order valence-electron chi connectivity index (χ4n) is 1.89. The van der Waals surface area contributed by atoms with Crippen molar-refractivity contribution in [2.24, 2.45) is 0 Å². The van der Waals surface area contributed by atoms with Crippen LogP contribution in [0.2, 0.25) is 0 Å². The van der Waals surface area contributed by atoms with Gasteiger partial charge in [0.15, 0.2) is 0 Å². The van der Waals surface area contributed by atoms with Crippen LogP contribution in [0.3, 0.4) is 0 Å². The highest BCUT2D eigenvalue weighted by Gasteiger charge is 2.15. The predicted molar refractivity (Wildman–Crippen MR) is 69.1 cm³/mol. The van der Waals surface area contributed by atoms with Gasteiger partial charge in [0.1, 0.15) is 5.58 Å². The van der Waals surface area contributed by atoms with Gasteiger partial charge in [-0.3, -0.25) is 0 Å². The van der Waals surface area contributed by atoms with Crippen LogP contribution in [0.5, 0.6) is 0 Å². The lowest BCUT2D eigenvalue weighted by Crippen LogP contribution is -2.23. The predicted octanol–water partition coefficient (Wildman–Crippen LogP) is 3.12. The van der Waals surface area contributed by atoms with E-state index in [1.165, 1.54) is 0 Å². The minimum absolute atomic E-state index is 0.168. The van der Waals surface area contributed by atoms with Crippen LogP contribution in [0.15, 0.2) is 34.9 Å². The minimum Gasteiger partial charge on any atom is -0.464 e. The average Bonchev–Trinajstić information content (AvgIpc) is 2.74. The van der Waals surface area contributed by atoms with E-state index in [-0.39, 0.29) is 12.1 Å². The molecule has 0 amide bonds. The molecular formula is C14H19NO2. The van der Waals surface area contributed by atoms with E-state index in [1.807, 2.05) is 45.4 Å². The number of furan rings is 1. The molecule has 1 heterocycles. The number of nitrogens with one attached hydrogen (secondary N) is 1. The Morgan fingerprint density at radius 1 is 1.29 bits per heavy atom. The molecule has 0 aliphatic carbocycles. The van der Waals surface area contributed by atoms with Gasteiger partial charge in [-0.2, -0.15) is 0 Å². The van der Waals surface area contributed by atoms with E-state index in [9.17, 15) is 0 Å². The second kappa shape index (κ2) is 5.34. The molecule has 1 N–H and O–H groups in total. The molecule has 0 radical (unpaired) electrons. The first-order valence-corrected chi connectivity index (χ1v) is 5.97. The van der Waals surface area contributed by atoms with Gasteiger partial charge in [-0.15, -0.1) is 0 Å². The number of ether oxygens (including phenoxy) is 1. The summed E-state index contributed by atoms with van der Waals surface area (Å²) in [6, 6.07) is 8.23. The van der Waals surface area contributed by atoms with Gasteiger partial charge >= 0.3 is 0 Å². The van der Waals surface area contributed by atoms with E-state index in [4.69, 9.17) is 9.15 Å². The topological polar surface area (TPSA) is 34.4 Å². The van der Waals surface area contributed by atoms with Gasteiger partial charge in [-0.25, -0.2) is 0 Å². The molecule has 1 unspecified atom stereocenters. The summed E-state index contributed by atoms with van der Waals surface area (Å²) in [6.07, 6.45) is 2.05. The zero-order valence-electron chi connectivity index (χ0n) is 10.6. The molecule has 2 aromatic rings. The molecule has 0 aliphatic heterocycles. The van der Waals surface area contributed by atoms with Crippen LogP contribution in [-0.2, 0) is 4.74 Å². The van der Waals surface area contributed by atoms with Crippen molar-refractivity contribution in [3.05, 3.63) is 36.1 Å². The molecule has 3 nitrogen and oxygen atoms in total. The highest BCUT2D eigenvalue weighted by atomic mass is 16.5. The van der Waals surface area contributed by atoms with Gasteiger partial charge in [-0.1, -0.05) is 18.2 Å². The zero-order valence-corrected chi connectivity index (χ0v) is 10.6. The molecule has 3 heteroatoms. The Balaban J connectivity index is 2.24. The van der Waals surface area contributed by atoms with Crippen molar-refractivity contribution in [3.8, 4) is 0 Å². The third-order valence-electron chi connectivity index (χ3n) is 2.83. The third-order valence-corrected chi connectivity index (χ3v) is 2.83. The molecule has 0 saturated heterocycles. The second-order valence-electron chi connectivity index (χ2n) is 4.41. The van der Waals surface area contributed by atoms with Crippen molar-refractivity contribution in [2.45, 2.75) is 26.0 Å². The number of hydrogen-bond acceptors (Lipinski definition) is 3. The highest BCUT2D eigenvalue weighted by Crippen LogP contribution is 2.26. The lowest BCUT2D eigenvalue weighted by molar-refractivity contribution is 0.0627. The summed E-state index contributed by atoms with van der Waals surface area (Å²) in [7, 11) is 1.94. The lowest BCUT2D eigenvalue weighted by atomic mass is 10.1. The first kappa shape index (κ1) is 12.1. The number of rotatable bonds is 5. The van der Waals surface area contributed by atoms with Gasteiger partial charge in [0.2, 0.25) is 0 Å². The standard InChI is InChI=1S/C14H19NO2/c1-10(2)16-9-13(15-3)12-8-17-14-7-5-4-6-11(12)14/h4-8,10,13,15H,9H2,1-3H3. The summed E-state index contributed by atoms with van der Waals surface area (Å²) in [5.41, 5.74) is 2.08. The summed E-state index contributed by atoms with van der Waals surface area (Å²) < 4.78 is 11.2. The van der Waals surface area contributed by atoms with Gasteiger partial charge < -0.3 is 14.5 Å². The van der Waals surface area contributed by atoms with E-state index in [2.05, 4.69) is 11.4 Å². The van der Waals surface area contributed by atoms with Crippen molar-refractivity contribution in [2.75, 3.05) is 13.7 Å². The first-order chi connectivity index (χ1) is 8.22. The van der Waals surface area contributed by atoms with Crippen LogP contribution in [0, 0.1) is 0 Å². The number of benzene rings is 1. The smallest absolute Gasteiger partial charge is 0.134 e. The fourth-order valence-corrected chi connectivity index (χ4v) is 1.89. The Labute approximate surface area is 102 Å². The molecule has 1 aromatic heterocycles. The van der Waals surface area contributed by atoms with Gasteiger partial charge in [0.25, 0.3) is 0 Å². The van der Waals surface area contributed by atoms with Crippen molar-refractivity contribution >= 4 is 11.0 Å². The number of fused-ring (bicyclic) bond motifs is 1. The van der Waals surface area contributed by atoms with E-state index in [0.717, 1.165) is 16.5 Å². The lowest BCUT2D eigenvalue weighted by Gasteiger charge is -2.17. The molecule has 2 rings (SSSR count). The molecule has 0 aliphatic rings. The molecule has 17 heavy (non-hydrogen) atoms. The average molecular weight is 233 g/mol. The number of hydrogen-bond donors (Lipinski definition) is 1. The van der Waals surface area contributed by atoms with Gasteiger partial charge in [-0.05, 0) is 27.0 Å². The van der Waals surface area contributed by atoms with Crippen LogP contribution < -0.4 is 5.32 Å². The summed E-state index contributed by atoms with van der Waals surface area (Å²) in [5.74, 6) is 0. The minimum atomic E-state index is 0.168. The van der Waals surface area contributed by atoms with Crippen LogP contribution in [-0.4, -0.2) is 19.8 Å². The second-order valence-corrected chi connectivity index (χ2v) is 4.41. The van der Waals surface area contributed by atoms with Crippen molar-refractivity contribution in [1.29, 1.82) is 0 Å². The quantitative estimate of drug-likeness (QED) is 0.861.